The zero-order valence-electron chi connectivity index (χ0n) is 27.8. The molecule has 0 aromatic heterocycles. The average molecular weight is 656 g/mol. The van der Waals surface area contributed by atoms with E-state index in [0.29, 0.717) is 24.6 Å². The summed E-state index contributed by atoms with van der Waals surface area (Å²) in [5.74, 6) is -0.0117. The number of nitrogens with zero attached hydrogens (tertiary/aromatic N) is 2. The maximum Gasteiger partial charge on any atom is 0.264 e. The van der Waals surface area contributed by atoms with Gasteiger partial charge in [-0.15, -0.1) is 0 Å². The zero-order chi connectivity index (χ0) is 34.0. The molecule has 47 heavy (non-hydrogen) atoms. The number of ether oxygens (including phenoxy) is 1. The lowest BCUT2D eigenvalue weighted by Crippen LogP contribution is -2.53. The van der Waals surface area contributed by atoms with Gasteiger partial charge in [-0.3, -0.25) is 13.9 Å². The number of carbonyl (C=O) groups is 2. The van der Waals surface area contributed by atoms with E-state index in [1.807, 2.05) is 89.2 Å². The number of aryl methyl sites for hydroxylation is 2. The number of hydrogen-bond donors (Lipinski definition) is 1. The molecule has 8 nitrogen and oxygen atoms in total. The summed E-state index contributed by atoms with van der Waals surface area (Å²) in [7, 11) is -4.19. The van der Waals surface area contributed by atoms with Crippen molar-refractivity contribution < 1.29 is 22.7 Å². The Bertz CT molecular complexity index is 1720. The van der Waals surface area contributed by atoms with Crippen LogP contribution in [0.1, 0.15) is 43.0 Å². The van der Waals surface area contributed by atoms with Crippen molar-refractivity contribution in [3.63, 3.8) is 0 Å². The minimum atomic E-state index is -4.19. The van der Waals surface area contributed by atoms with Crippen molar-refractivity contribution in [1.82, 2.24) is 10.2 Å². The van der Waals surface area contributed by atoms with E-state index in [4.69, 9.17) is 4.74 Å². The van der Waals surface area contributed by atoms with Crippen LogP contribution < -0.4 is 14.4 Å². The van der Waals surface area contributed by atoms with Crippen molar-refractivity contribution in [2.24, 2.45) is 5.92 Å². The molecule has 0 radical (unpaired) electrons. The molecule has 248 valence electrons. The molecule has 0 aliphatic carbocycles. The van der Waals surface area contributed by atoms with E-state index in [1.54, 1.807) is 48.5 Å². The molecule has 0 unspecified atom stereocenters. The number of anilines is 1. The quantitative estimate of drug-likeness (QED) is 0.162. The Morgan fingerprint density at radius 2 is 1.47 bits per heavy atom. The van der Waals surface area contributed by atoms with Crippen LogP contribution in [0, 0.1) is 19.8 Å². The number of nitrogens with one attached hydrogen (secondary N) is 1. The van der Waals surface area contributed by atoms with Gasteiger partial charge in [0.2, 0.25) is 11.8 Å². The topological polar surface area (TPSA) is 96.0 Å². The second-order valence-corrected chi connectivity index (χ2v) is 14.0. The summed E-state index contributed by atoms with van der Waals surface area (Å²) in [4.78, 5) is 30.1. The van der Waals surface area contributed by atoms with E-state index >= 15 is 0 Å². The predicted molar refractivity (Wildman–Crippen MR) is 187 cm³/mol. The second kappa shape index (κ2) is 16.3. The van der Waals surface area contributed by atoms with Crippen LogP contribution in [-0.4, -0.2) is 50.9 Å². The Hall–Kier alpha value is -4.63. The van der Waals surface area contributed by atoms with Gasteiger partial charge >= 0.3 is 0 Å². The first-order valence-electron chi connectivity index (χ1n) is 16.0. The Labute approximate surface area is 279 Å². The van der Waals surface area contributed by atoms with E-state index < -0.39 is 28.5 Å². The molecule has 4 aromatic rings. The number of rotatable bonds is 15. The van der Waals surface area contributed by atoms with Gasteiger partial charge in [-0.1, -0.05) is 91.7 Å². The van der Waals surface area contributed by atoms with Crippen LogP contribution in [0.2, 0.25) is 0 Å². The summed E-state index contributed by atoms with van der Waals surface area (Å²) in [5.41, 5.74) is 3.95. The van der Waals surface area contributed by atoms with E-state index in [2.05, 4.69) is 5.32 Å². The molecule has 0 saturated carbocycles. The standard InChI is InChI=1S/C38H45N3O5S/c1-6-46-34-19-17-33(18-20-34)41(47(44,45)35-21-15-29(4)16-22-35)27-37(42)40(26-32-14-10-11-30(5)23-32)36(38(43)39-25-28(2)3)24-31-12-8-7-9-13-31/h7-23,28,36H,6,24-27H2,1-5H3,(H,39,43)/t36-/m1/s1. The van der Waals surface area contributed by atoms with E-state index in [9.17, 15) is 18.0 Å². The van der Waals surface area contributed by atoms with Crippen LogP contribution in [0.3, 0.4) is 0 Å². The lowest BCUT2D eigenvalue weighted by atomic mass is 10.0. The van der Waals surface area contributed by atoms with Gasteiger partial charge in [0.25, 0.3) is 10.0 Å². The Kier molecular flexibility index (Phi) is 12.2. The molecule has 0 aliphatic rings. The van der Waals surface area contributed by atoms with Crippen LogP contribution in [0.4, 0.5) is 5.69 Å². The number of hydrogen-bond acceptors (Lipinski definition) is 5. The van der Waals surface area contributed by atoms with Crippen LogP contribution in [0.25, 0.3) is 0 Å². The van der Waals surface area contributed by atoms with Gasteiger partial charge in [-0.2, -0.15) is 0 Å². The van der Waals surface area contributed by atoms with Crippen molar-refractivity contribution in [3.8, 4) is 5.75 Å². The normalized spacial score (nSPS) is 12.0. The third kappa shape index (κ3) is 9.68. The predicted octanol–water partition coefficient (Wildman–Crippen LogP) is 6.31. The maximum atomic E-state index is 14.6. The molecule has 0 spiro atoms. The molecule has 0 fully saturated rings. The summed E-state index contributed by atoms with van der Waals surface area (Å²) in [6.45, 7) is 10.2. The molecule has 9 heteroatoms. The number of amides is 2. The van der Waals surface area contributed by atoms with Gasteiger partial charge < -0.3 is 15.0 Å². The molecule has 0 bridgehead atoms. The summed E-state index contributed by atoms with van der Waals surface area (Å²) >= 11 is 0. The first-order valence-corrected chi connectivity index (χ1v) is 17.4. The van der Waals surface area contributed by atoms with Crippen molar-refractivity contribution in [2.75, 3.05) is 24.0 Å². The van der Waals surface area contributed by atoms with Crippen LogP contribution >= 0.6 is 0 Å². The Balaban J connectivity index is 1.80. The van der Waals surface area contributed by atoms with Crippen LogP contribution in [0.15, 0.2) is 108 Å². The molecular formula is C38H45N3O5S. The van der Waals surface area contributed by atoms with Crippen molar-refractivity contribution >= 4 is 27.5 Å². The largest absolute Gasteiger partial charge is 0.494 e. The molecule has 1 N–H and O–H groups in total. The minimum Gasteiger partial charge on any atom is -0.494 e. The van der Waals surface area contributed by atoms with Crippen LogP contribution in [0.5, 0.6) is 5.75 Å². The Morgan fingerprint density at radius 3 is 2.09 bits per heavy atom. The number of sulfonamides is 1. The molecule has 4 aromatic carbocycles. The smallest absolute Gasteiger partial charge is 0.264 e. The first kappa shape index (κ1) is 35.2. The third-order valence-corrected chi connectivity index (χ3v) is 9.50. The van der Waals surface area contributed by atoms with Gasteiger partial charge in [0.05, 0.1) is 17.2 Å². The van der Waals surface area contributed by atoms with Gasteiger partial charge in [-0.05, 0) is 74.2 Å². The molecule has 0 heterocycles. The highest BCUT2D eigenvalue weighted by atomic mass is 32.2. The highest BCUT2D eigenvalue weighted by Crippen LogP contribution is 2.27. The molecule has 0 aliphatic heterocycles. The molecule has 2 amide bonds. The fourth-order valence-corrected chi connectivity index (χ4v) is 6.64. The highest BCUT2D eigenvalue weighted by molar-refractivity contribution is 7.92. The first-order chi connectivity index (χ1) is 22.5. The third-order valence-electron chi connectivity index (χ3n) is 7.71. The van der Waals surface area contributed by atoms with Gasteiger partial charge in [0, 0.05) is 19.5 Å². The summed E-state index contributed by atoms with van der Waals surface area (Å²) in [6.07, 6.45) is 0.260. The van der Waals surface area contributed by atoms with Crippen LogP contribution in [-0.2, 0) is 32.6 Å². The van der Waals surface area contributed by atoms with Gasteiger partial charge in [0.1, 0.15) is 18.3 Å². The SMILES string of the molecule is CCOc1ccc(N(CC(=O)N(Cc2cccc(C)c2)[C@H](Cc2ccccc2)C(=O)NCC(C)C)S(=O)(=O)c2ccc(C)cc2)cc1. The van der Waals surface area contributed by atoms with E-state index in [1.165, 1.54) is 4.90 Å². The van der Waals surface area contributed by atoms with E-state index in [-0.39, 0.29) is 29.7 Å². The van der Waals surface area contributed by atoms with Crippen molar-refractivity contribution in [1.29, 1.82) is 0 Å². The number of carbonyl (C=O) groups excluding carboxylic acids is 2. The molecule has 1 atom stereocenters. The van der Waals surface area contributed by atoms with Gasteiger partial charge in [0.15, 0.2) is 0 Å². The summed E-state index contributed by atoms with van der Waals surface area (Å²) < 4.78 is 35.2. The highest BCUT2D eigenvalue weighted by Gasteiger charge is 2.34. The second-order valence-electron chi connectivity index (χ2n) is 12.1. The molecule has 4 rings (SSSR count). The fourth-order valence-electron chi connectivity index (χ4n) is 5.23. The minimum absolute atomic E-state index is 0.0607. The molecular weight excluding hydrogens is 611 g/mol. The van der Waals surface area contributed by atoms with Crippen molar-refractivity contribution in [3.05, 3.63) is 125 Å². The number of benzene rings is 4. The monoisotopic (exact) mass is 655 g/mol. The van der Waals surface area contributed by atoms with Gasteiger partial charge in [-0.25, -0.2) is 8.42 Å². The summed E-state index contributed by atoms with van der Waals surface area (Å²) in [6, 6.07) is 29.6. The maximum absolute atomic E-state index is 14.6. The zero-order valence-corrected chi connectivity index (χ0v) is 28.7. The van der Waals surface area contributed by atoms with Crippen molar-refractivity contribution in [2.45, 2.75) is 58.5 Å². The fraction of sp³-hybridized carbons (Fsp3) is 0.316. The Morgan fingerprint density at radius 1 is 0.809 bits per heavy atom. The van der Waals surface area contributed by atoms with E-state index in [0.717, 1.165) is 26.6 Å². The molecule has 0 saturated heterocycles. The lowest BCUT2D eigenvalue weighted by molar-refractivity contribution is -0.140. The summed E-state index contributed by atoms with van der Waals surface area (Å²) in [5, 5.41) is 3.02. The average Bonchev–Trinajstić information content (AvgIpc) is 3.05. The lowest BCUT2D eigenvalue weighted by Gasteiger charge is -2.34.